The van der Waals surface area contributed by atoms with E-state index in [2.05, 4.69) is 37.4 Å². The molecule has 2 aromatic rings. The van der Waals surface area contributed by atoms with E-state index in [0.29, 0.717) is 25.5 Å². The Bertz CT molecular complexity index is 972. The lowest BCUT2D eigenvalue weighted by Gasteiger charge is -2.40. The van der Waals surface area contributed by atoms with Crippen LogP contribution in [0.15, 0.2) is 35.7 Å². The van der Waals surface area contributed by atoms with Crippen LogP contribution in [0.5, 0.6) is 5.75 Å². The van der Waals surface area contributed by atoms with E-state index in [-0.39, 0.29) is 30.3 Å². The van der Waals surface area contributed by atoms with Crippen molar-refractivity contribution in [2.24, 2.45) is 5.92 Å². The summed E-state index contributed by atoms with van der Waals surface area (Å²) in [5.41, 5.74) is 2.02. The average molecular weight is 485 g/mol. The molecule has 0 saturated carbocycles. The van der Waals surface area contributed by atoms with Crippen LogP contribution in [-0.4, -0.2) is 46.8 Å². The Morgan fingerprint density at radius 1 is 1.12 bits per heavy atom. The maximum Gasteiger partial charge on any atom is 0.242 e. The van der Waals surface area contributed by atoms with Gasteiger partial charge in [-0.2, -0.15) is 0 Å². The molecule has 6 heteroatoms. The molecule has 1 aliphatic heterocycles. The first-order valence-corrected chi connectivity index (χ1v) is 13.2. The summed E-state index contributed by atoms with van der Waals surface area (Å²) in [6.07, 6.45) is 1.28. The lowest BCUT2D eigenvalue weighted by atomic mass is 9.99. The number of rotatable bonds is 8. The monoisotopic (exact) mass is 484 g/mol. The minimum Gasteiger partial charge on any atom is -0.491 e. The van der Waals surface area contributed by atoms with Crippen LogP contribution in [0.2, 0.25) is 0 Å². The number of hydrogen-bond donors (Lipinski definition) is 0. The van der Waals surface area contributed by atoms with Crippen molar-refractivity contribution in [2.45, 2.75) is 78.8 Å². The van der Waals surface area contributed by atoms with Gasteiger partial charge in [-0.1, -0.05) is 39.8 Å². The average Bonchev–Trinajstić information content (AvgIpc) is 3.23. The molecule has 0 bridgehead atoms. The molecule has 3 rings (SSSR count). The van der Waals surface area contributed by atoms with Crippen LogP contribution >= 0.6 is 11.3 Å². The van der Waals surface area contributed by atoms with E-state index in [0.717, 1.165) is 12.2 Å². The molecule has 34 heavy (non-hydrogen) atoms. The molecule has 2 amide bonds. The third-order valence-corrected chi connectivity index (χ3v) is 7.35. The fourth-order valence-electron chi connectivity index (χ4n) is 4.38. The maximum absolute atomic E-state index is 13.6. The molecule has 1 aliphatic rings. The van der Waals surface area contributed by atoms with Crippen molar-refractivity contribution >= 4 is 23.2 Å². The van der Waals surface area contributed by atoms with E-state index in [1.165, 1.54) is 16.0 Å². The summed E-state index contributed by atoms with van der Waals surface area (Å²) >= 11 is 1.74. The molecule has 5 nitrogen and oxygen atoms in total. The van der Waals surface area contributed by atoms with Gasteiger partial charge < -0.3 is 14.5 Å². The van der Waals surface area contributed by atoms with E-state index < -0.39 is 5.54 Å². The standard InChI is InChI=1S/C28H40N2O3S/c1-19(2)16-26(31)30(28(5,6)7)17-27(32)29-14-12-25-23(13-15-34-25)24(29)18-33-22-10-8-21(9-11-22)20(3)4/h8-11,13,15,19-20,24H,12,14,16-18H2,1-7H3/t24-/m1/s1. The van der Waals surface area contributed by atoms with Crippen molar-refractivity contribution in [2.75, 3.05) is 19.7 Å². The zero-order chi connectivity index (χ0) is 25.0. The Morgan fingerprint density at radius 3 is 2.38 bits per heavy atom. The number of nitrogens with zero attached hydrogens (tertiary/aromatic N) is 2. The highest BCUT2D eigenvalue weighted by atomic mass is 32.1. The molecule has 2 heterocycles. The summed E-state index contributed by atoms with van der Waals surface area (Å²) < 4.78 is 6.19. The normalized spacial score (nSPS) is 16.0. The number of benzene rings is 1. The molecule has 1 aromatic carbocycles. The molecular formula is C28H40N2O3S. The van der Waals surface area contributed by atoms with Gasteiger partial charge in [0.15, 0.2) is 0 Å². The van der Waals surface area contributed by atoms with Crippen LogP contribution in [0.1, 0.15) is 82.9 Å². The van der Waals surface area contributed by atoms with Gasteiger partial charge in [0.1, 0.15) is 18.9 Å². The van der Waals surface area contributed by atoms with Crippen molar-refractivity contribution < 1.29 is 14.3 Å². The van der Waals surface area contributed by atoms with Gasteiger partial charge in [0, 0.05) is 23.4 Å². The second kappa shape index (κ2) is 10.9. The minimum absolute atomic E-state index is 0.0207. The van der Waals surface area contributed by atoms with E-state index in [1.54, 1.807) is 16.2 Å². The lowest BCUT2D eigenvalue weighted by Crippen LogP contribution is -2.53. The van der Waals surface area contributed by atoms with E-state index in [1.807, 2.05) is 51.7 Å². The molecule has 1 aromatic heterocycles. The van der Waals surface area contributed by atoms with Gasteiger partial charge in [-0.15, -0.1) is 11.3 Å². The molecule has 0 N–H and O–H groups in total. The number of thiophene rings is 1. The Morgan fingerprint density at radius 2 is 1.79 bits per heavy atom. The maximum atomic E-state index is 13.6. The molecule has 0 radical (unpaired) electrons. The zero-order valence-corrected chi connectivity index (χ0v) is 22.6. The van der Waals surface area contributed by atoms with Crippen LogP contribution in [0.25, 0.3) is 0 Å². The van der Waals surface area contributed by atoms with Gasteiger partial charge in [-0.3, -0.25) is 9.59 Å². The van der Waals surface area contributed by atoms with Crippen molar-refractivity contribution in [1.29, 1.82) is 0 Å². The lowest BCUT2D eigenvalue weighted by molar-refractivity contribution is -0.147. The summed E-state index contributed by atoms with van der Waals surface area (Å²) in [6.45, 7) is 15.5. The van der Waals surface area contributed by atoms with E-state index in [9.17, 15) is 9.59 Å². The van der Waals surface area contributed by atoms with Crippen molar-refractivity contribution in [3.05, 3.63) is 51.7 Å². The second-order valence-electron chi connectivity index (χ2n) is 10.9. The van der Waals surface area contributed by atoms with Crippen LogP contribution in [0.4, 0.5) is 0 Å². The number of ether oxygens (including phenoxy) is 1. The van der Waals surface area contributed by atoms with Gasteiger partial charge in [0.25, 0.3) is 0 Å². The molecule has 0 saturated heterocycles. The minimum atomic E-state index is -0.422. The van der Waals surface area contributed by atoms with Gasteiger partial charge in [-0.25, -0.2) is 0 Å². The van der Waals surface area contributed by atoms with E-state index in [4.69, 9.17) is 4.74 Å². The number of fused-ring (bicyclic) bond motifs is 1. The highest BCUT2D eigenvalue weighted by Crippen LogP contribution is 2.34. The zero-order valence-electron chi connectivity index (χ0n) is 21.8. The number of hydrogen-bond acceptors (Lipinski definition) is 4. The SMILES string of the molecule is CC(C)CC(=O)N(CC(=O)N1CCc2sccc2[C@H]1COc1ccc(C(C)C)cc1)C(C)(C)C. The summed E-state index contributed by atoms with van der Waals surface area (Å²) in [5.74, 6) is 1.54. The van der Waals surface area contributed by atoms with Crippen LogP contribution < -0.4 is 4.74 Å². The van der Waals surface area contributed by atoms with Crippen molar-refractivity contribution in [1.82, 2.24) is 9.80 Å². The summed E-state index contributed by atoms with van der Waals surface area (Å²) in [5, 5.41) is 2.09. The summed E-state index contributed by atoms with van der Waals surface area (Å²) in [4.78, 5) is 31.5. The Balaban J connectivity index is 1.78. The first-order chi connectivity index (χ1) is 16.0. The first-order valence-electron chi connectivity index (χ1n) is 12.4. The van der Waals surface area contributed by atoms with Crippen LogP contribution in [-0.2, 0) is 16.0 Å². The quantitative estimate of drug-likeness (QED) is 0.458. The highest BCUT2D eigenvalue weighted by molar-refractivity contribution is 7.10. The summed E-state index contributed by atoms with van der Waals surface area (Å²) in [6, 6.07) is 10.2. The van der Waals surface area contributed by atoms with Crippen LogP contribution in [0, 0.1) is 5.92 Å². The molecule has 0 fully saturated rings. The molecule has 0 spiro atoms. The third kappa shape index (κ3) is 6.41. The van der Waals surface area contributed by atoms with Gasteiger partial charge in [0.2, 0.25) is 11.8 Å². The predicted molar refractivity (Wildman–Crippen MR) is 139 cm³/mol. The summed E-state index contributed by atoms with van der Waals surface area (Å²) in [7, 11) is 0. The Labute approximate surface area is 209 Å². The number of carbonyl (C=O) groups is 2. The van der Waals surface area contributed by atoms with Gasteiger partial charge in [0.05, 0.1) is 6.04 Å². The largest absolute Gasteiger partial charge is 0.491 e. The molecule has 0 aliphatic carbocycles. The highest BCUT2D eigenvalue weighted by Gasteiger charge is 2.36. The van der Waals surface area contributed by atoms with Gasteiger partial charge in [-0.05, 0) is 73.7 Å². The van der Waals surface area contributed by atoms with Crippen LogP contribution in [0.3, 0.4) is 0 Å². The Hall–Kier alpha value is -2.34. The Kier molecular flexibility index (Phi) is 8.45. The van der Waals surface area contributed by atoms with Crippen molar-refractivity contribution in [3.63, 3.8) is 0 Å². The molecule has 186 valence electrons. The number of carbonyl (C=O) groups excluding carboxylic acids is 2. The van der Waals surface area contributed by atoms with Gasteiger partial charge >= 0.3 is 0 Å². The fourth-order valence-corrected chi connectivity index (χ4v) is 5.31. The van der Waals surface area contributed by atoms with Crippen molar-refractivity contribution in [3.8, 4) is 5.75 Å². The first kappa shape index (κ1) is 26.3. The van der Waals surface area contributed by atoms with E-state index >= 15 is 0 Å². The second-order valence-corrected chi connectivity index (χ2v) is 11.9. The predicted octanol–water partition coefficient (Wildman–Crippen LogP) is 6.05. The number of amides is 2. The smallest absolute Gasteiger partial charge is 0.242 e. The molecule has 0 unspecified atom stereocenters. The molecule has 1 atom stereocenters. The topological polar surface area (TPSA) is 49.9 Å². The third-order valence-electron chi connectivity index (χ3n) is 6.36. The fraction of sp³-hybridized carbons (Fsp3) is 0.571. The molecular weight excluding hydrogens is 444 g/mol.